The van der Waals surface area contributed by atoms with E-state index in [0.717, 1.165) is 46.9 Å². The molecule has 1 atom stereocenters. The first kappa shape index (κ1) is 19.0. The lowest BCUT2D eigenvalue weighted by Gasteiger charge is -2.21. The van der Waals surface area contributed by atoms with Crippen LogP contribution in [0, 0.1) is 6.92 Å². The van der Waals surface area contributed by atoms with E-state index in [0.29, 0.717) is 16.7 Å². The monoisotopic (exact) mass is 421 g/mol. The summed E-state index contributed by atoms with van der Waals surface area (Å²) in [6.07, 6.45) is 6.46. The van der Waals surface area contributed by atoms with E-state index in [9.17, 15) is 4.79 Å². The quantitative estimate of drug-likeness (QED) is 0.546. The highest BCUT2D eigenvalue weighted by molar-refractivity contribution is 7.20. The van der Waals surface area contributed by atoms with Gasteiger partial charge in [0.1, 0.15) is 16.5 Å². The van der Waals surface area contributed by atoms with Crippen molar-refractivity contribution in [2.24, 2.45) is 0 Å². The molecule has 1 N–H and O–H groups in total. The minimum absolute atomic E-state index is 0.183. The fraction of sp³-hybridized carbons (Fsp3) is 0.333. The number of nitrogens with zero attached hydrogens (tertiary/aromatic N) is 6. The van der Waals surface area contributed by atoms with Crippen LogP contribution in [-0.4, -0.2) is 63.4 Å². The summed E-state index contributed by atoms with van der Waals surface area (Å²) in [4.78, 5) is 32.3. The molecule has 4 aromatic heterocycles. The maximum Gasteiger partial charge on any atom is 0.267 e. The fourth-order valence-corrected chi connectivity index (χ4v) is 4.76. The third kappa shape index (κ3) is 3.50. The number of aryl methyl sites for hydroxylation is 1. The number of imidazole rings is 1. The SMILES string of the molecule is Cc1cn2cc(NC(=O)c3cc4ccc(N5CCC(N(C)C)C5)nc4s3)ncc2n1. The molecule has 30 heavy (non-hydrogen) atoms. The van der Waals surface area contributed by atoms with Crippen molar-refractivity contribution in [1.82, 2.24) is 24.3 Å². The number of hydrogen-bond donors (Lipinski definition) is 1. The number of carbonyl (C=O) groups is 1. The van der Waals surface area contributed by atoms with Crippen LogP contribution in [0.1, 0.15) is 21.8 Å². The number of anilines is 2. The van der Waals surface area contributed by atoms with Gasteiger partial charge in [-0.2, -0.15) is 0 Å². The Labute approximate surface area is 178 Å². The Kier molecular flexibility index (Phi) is 4.63. The summed E-state index contributed by atoms with van der Waals surface area (Å²) in [5, 5.41) is 3.85. The number of pyridine rings is 1. The lowest BCUT2D eigenvalue weighted by molar-refractivity contribution is 0.103. The van der Waals surface area contributed by atoms with Gasteiger partial charge in [-0.05, 0) is 45.6 Å². The summed E-state index contributed by atoms with van der Waals surface area (Å²) in [5.74, 6) is 1.28. The van der Waals surface area contributed by atoms with Crippen molar-refractivity contribution in [3.05, 3.63) is 47.4 Å². The third-order valence-electron chi connectivity index (χ3n) is 5.51. The van der Waals surface area contributed by atoms with E-state index in [-0.39, 0.29) is 5.91 Å². The molecule has 0 radical (unpaired) electrons. The number of hydrogen-bond acceptors (Lipinski definition) is 7. The van der Waals surface area contributed by atoms with E-state index in [1.54, 1.807) is 12.4 Å². The Morgan fingerprint density at radius 1 is 1.27 bits per heavy atom. The zero-order valence-corrected chi connectivity index (χ0v) is 18.0. The van der Waals surface area contributed by atoms with Crippen LogP contribution in [0.25, 0.3) is 15.9 Å². The van der Waals surface area contributed by atoms with Crippen molar-refractivity contribution in [3.8, 4) is 0 Å². The molecule has 9 heteroatoms. The Morgan fingerprint density at radius 3 is 2.93 bits per heavy atom. The molecule has 1 saturated heterocycles. The molecule has 0 aliphatic carbocycles. The molecule has 1 amide bonds. The number of fused-ring (bicyclic) bond motifs is 2. The molecule has 8 nitrogen and oxygen atoms in total. The highest BCUT2D eigenvalue weighted by Gasteiger charge is 2.25. The van der Waals surface area contributed by atoms with Crippen LogP contribution in [0.5, 0.6) is 0 Å². The van der Waals surface area contributed by atoms with Crippen LogP contribution < -0.4 is 10.2 Å². The van der Waals surface area contributed by atoms with Gasteiger partial charge in [-0.1, -0.05) is 0 Å². The van der Waals surface area contributed by atoms with E-state index in [4.69, 9.17) is 4.98 Å². The van der Waals surface area contributed by atoms with Gasteiger partial charge >= 0.3 is 0 Å². The topological polar surface area (TPSA) is 78.7 Å². The van der Waals surface area contributed by atoms with E-state index in [2.05, 4.69) is 39.2 Å². The number of likely N-dealkylation sites (N-methyl/N-ethyl adjacent to an activating group) is 1. The van der Waals surface area contributed by atoms with Crippen LogP contribution in [0.3, 0.4) is 0 Å². The summed E-state index contributed by atoms with van der Waals surface area (Å²) in [6.45, 7) is 3.90. The smallest absolute Gasteiger partial charge is 0.267 e. The number of rotatable bonds is 4. The molecule has 4 aromatic rings. The van der Waals surface area contributed by atoms with Gasteiger partial charge in [-0.15, -0.1) is 11.3 Å². The molecule has 154 valence electrons. The average molecular weight is 422 g/mol. The maximum absolute atomic E-state index is 12.8. The van der Waals surface area contributed by atoms with Crippen LogP contribution in [0.2, 0.25) is 0 Å². The van der Waals surface area contributed by atoms with Crippen molar-refractivity contribution in [2.45, 2.75) is 19.4 Å². The van der Waals surface area contributed by atoms with Gasteiger partial charge in [0.25, 0.3) is 5.91 Å². The first-order valence-electron chi connectivity index (χ1n) is 9.91. The van der Waals surface area contributed by atoms with Crippen LogP contribution in [-0.2, 0) is 0 Å². The molecule has 5 rings (SSSR count). The van der Waals surface area contributed by atoms with Crippen LogP contribution in [0.4, 0.5) is 11.6 Å². The molecule has 1 aliphatic rings. The van der Waals surface area contributed by atoms with Crippen molar-refractivity contribution in [2.75, 3.05) is 37.4 Å². The minimum atomic E-state index is -0.183. The van der Waals surface area contributed by atoms with E-state index < -0.39 is 0 Å². The first-order valence-corrected chi connectivity index (χ1v) is 10.7. The summed E-state index contributed by atoms with van der Waals surface area (Å²) >= 11 is 1.41. The largest absolute Gasteiger partial charge is 0.355 e. The number of nitrogens with one attached hydrogen (secondary N) is 1. The Morgan fingerprint density at radius 2 is 2.13 bits per heavy atom. The van der Waals surface area contributed by atoms with Gasteiger partial charge in [0.15, 0.2) is 5.65 Å². The molecule has 1 aliphatic heterocycles. The zero-order valence-electron chi connectivity index (χ0n) is 17.2. The molecule has 0 aromatic carbocycles. The Balaban J connectivity index is 1.35. The summed E-state index contributed by atoms with van der Waals surface area (Å²) in [5.41, 5.74) is 1.66. The number of thiophene rings is 1. The second-order valence-corrected chi connectivity index (χ2v) is 8.93. The lowest BCUT2D eigenvalue weighted by Crippen LogP contribution is -2.31. The van der Waals surface area contributed by atoms with Crippen molar-refractivity contribution in [3.63, 3.8) is 0 Å². The third-order valence-corrected chi connectivity index (χ3v) is 6.56. The Hall–Kier alpha value is -3.04. The summed E-state index contributed by atoms with van der Waals surface area (Å²) < 4.78 is 1.85. The van der Waals surface area contributed by atoms with Gasteiger partial charge in [-0.25, -0.2) is 15.0 Å². The van der Waals surface area contributed by atoms with Crippen molar-refractivity contribution < 1.29 is 4.79 Å². The van der Waals surface area contributed by atoms with Crippen molar-refractivity contribution >= 4 is 44.7 Å². The average Bonchev–Trinajstić information content (AvgIpc) is 3.44. The fourth-order valence-electron chi connectivity index (χ4n) is 3.84. The minimum Gasteiger partial charge on any atom is -0.355 e. The first-order chi connectivity index (χ1) is 14.5. The number of carbonyl (C=O) groups excluding carboxylic acids is 1. The normalized spacial score (nSPS) is 16.8. The number of aromatic nitrogens is 4. The molecular weight excluding hydrogens is 398 g/mol. The predicted octanol–water partition coefficient (Wildman–Crippen LogP) is 3.04. The van der Waals surface area contributed by atoms with Gasteiger partial charge in [0, 0.05) is 30.7 Å². The standard InChI is InChI=1S/C21H23N7OS/c1-13-10-28-12-17(22-9-19(28)23-13)24-20(29)16-8-14-4-5-18(25-21(14)30-16)27-7-6-15(11-27)26(2)3/h4-5,8-10,12,15H,6-7,11H2,1-3H3,(H,24,29). The zero-order chi connectivity index (χ0) is 20.8. The lowest BCUT2D eigenvalue weighted by atomic mass is 10.2. The van der Waals surface area contributed by atoms with Gasteiger partial charge in [0.05, 0.1) is 23.0 Å². The Bertz CT molecular complexity index is 1240. The number of amides is 1. The molecule has 1 unspecified atom stereocenters. The van der Waals surface area contributed by atoms with E-state index in [1.807, 2.05) is 35.7 Å². The second kappa shape index (κ2) is 7.33. The van der Waals surface area contributed by atoms with Crippen LogP contribution >= 0.6 is 11.3 Å². The molecule has 0 spiro atoms. The molecule has 5 heterocycles. The molecule has 0 bridgehead atoms. The summed E-state index contributed by atoms with van der Waals surface area (Å²) in [7, 11) is 4.24. The highest BCUT2D eigenvalue weighted by Crippen LogP contribution is 2.29. The second-order valence-electron chi connectivity index (χ2n) is 7.90. The van der Waals surface area contributed by atoms with Gasteiger partial charge in [0.2, 0.25) is 0 Å². The van der Waals surface area contributed by atoms with E-state index in [1.165, 1.54) is 11.3 Å². The molecule has 1 fully saturated rings. The van der Waals surface area contributed by atoms with Gasteiger partial charge < -0.3 is 19.5 Å². The summed E-state index contributed by atoms with van der Waals surface area (Å²) in [6, 6.07) is 6.54. The maximum atomic E-state index is 12.8. The molecule has 0 saturated carbocycles. The predicted molar refractivity (Wildman–Crippen MR) is 120 cm³/mol. The van der Waals surface area contributed by atoms with Crippen molar-refractivity contribution in [1.29, 1.82) is 0 Å². The van der Waals surface area contributed by atoms with Crippen LogP contribution in [0.15, 0.2) is 36.8 Å². The van der Waals surface area contributed by atoms with Gasteiger partial charge in [-0.3, -0.25) is 4.79 Å². The van der Waals surface area contributed by atoms with E-state index >= 15 is 0 Å². The highest BCUT2D eigenvalue weighted by atomic mass is 32.1. The molecular formula is C21H23N7OS.